The van der Waals surface area contributed by atoms with Crippen molar-refractivity contribution in [3.05, 3.63) is 34.9 Å². The van der Waals surface area contributed by atoms with Gasteiger partial charge in [-0.15, -0.1) is 0 Å². The summed E-state index contributed by atoms with van der Waals surface area (Å²) in [7, 11) is 0. The van der Waals surface area contributed by atoms with Crippen LogP contribution in [0.2, 0.25) is 5.02 Å². The molecule has 0 aliphatic rings. The first-order valence-electron chi connectivity index (χ1n) is 3.21. The van der Waals surface area contributed by atoms with Crippen LogP contribution in [-0.4, -0.2) is 4.99 Å². The van der Waals surface area contributed by atoms with E-state index in [2.05, 4.69) is 0 Å². The van der Waals surface area contributed by atoms with Gasteiger partial charge in [0.05, 0.1) is 4.99 Å². The lowest BCUT2D eigenvalue weighted by Gasteiger charge is -1.98. The van der Waals surface area contributed by atoms with Crippen molar-refractivity contribution in [2.75, 3.05) is 0 Å². The zero-order valence-corrected chi connectivity index (χ0v) is 7.45. The fraction of sp³-hybridized carbons (Fsp3) is 0.125. The predicted molar refractivity (Wildman–Crippen MR) is 51.9 cm³/mol. The molecular weight excluding hydrogens is 178 g/mol. The van der Waals surface area contributed by atoms with Gasteiger partial charge in [-0.1, -0.05) is 36.0 Å². The third-order valence-corrected chi connectivity index (χ3v) is 1.65. The molecule has 1 aromatic carbocycles. The van der Waals surface area contributed by atoms with Gasteiger partial charge in [-0.25, -0.2) is 0 Å². The Morgan fingerprint density at radius 3 is 2.82 bits per heavy atom. The van der Waals surface area contributed by atoms with Gasteiger partial charge < -0.3 is 5.73 Å². The SMILES string of the molecule is NC(=S)Cc1cccc(Cl)c1. The molecule has 0 spiro atoms. The third-order valence-electron chi connectivity index (χ3n) is 1.27. The van der Waals surface area contributed by atoms with Crippen LogP contribution >= 0.6 is 23.8 Å². The van der Waals surface area contributed by atoms with Crippen LogP contribution in [0.1, 0.15) is 5.56 Å². The number of nitrogens with two attached hydrogens (primary N) is 1. The molecule has 0 heterocycles. The molecule has 1 nitrogen and oxygen atoms in total. The average Bonchev–Trinajstić information content (AvgIpc) is 1.85. The van der Waals surface area contributed by atoms with Crippen LogP contribution in [0.3, 0.4) is 0 Å². The van der Waals surface area contributed by atoms with E-state index in [1.807, 2.05) is 24.3 Å². The van der Waals surface area contributed by atoms with Crippen LogP contribution in [0.15, 0.2) is 24.3 Å². The van der Waals surface area contributed by atoms with Crippen LogP contribution in [0.25, 0.3) is 0 Å². The van der Waals surface area contributed by atoms with Crippen molar-refractivity contribution in [2.45, 2.75) is 6.42 Å². The maximum atomic E-state index is 5.74. The van der Waals surface area contributed by atoms with Crippen molar-refractivity contribution in [1.29, 1.82) is 0 Å². The van der Waals surface area contributed by atoms with Crippen molar-refractivity contribution in [2.24, 2.45) is 5.73 Å². The number of benzene rings is 1. The lowest BCUT2D eigenvalue weighted by Crippen LogP contribution is -2.10. The van der Waals surface area contributed by atoms with Crippen molar-refractivity contribution in [3.8, 4) is 0 Å². The number of rotatable bonds is 2. The minimum absolute atomic E-state index is 0.493. The first-order chi connectivity index (χ1) is 5.18. The molecule has 58 valence electrons. The Bertz CT molecular complexity index is 273. The molecule has 11 heavy (non-hydrogen) atoms. The second-order valence-electron chi connectivity index (χ2n) is 2.27. The molecule has 0 bridgehead atoms. The maximum Gasteiger partial charge on any atom is 0.0771 e. The molecule has 0 amide bonds. The van der Waals surface area contributed by atoms with Crippen LogP contribution in [0.5, 0.6) is 0 Å². The molecule has 0 radical (unpaired) electrons. The van der Waals surface area contributed by atoms with Crippen molar-refractivity contribution in [3.63, 3.8) is 0 Å². The minimum Gasteiger partial charge on any atom is -0.393 e. The highest BCUT2D eigenvalue weighted by Gasteiger charge is 1.94. The normalized spacial score (nSPS) is 9.55. The Hall–Kier alpha value is -0.600. The fourth-order valence-electron chi connectivity index (χ4n) is 0.848. The van der Waals surface area contributed by atoms with E-state index in [9.17, 15) is 0 Å². The lowest BCUT2D eigenvalue weighted by molar-refractivity contribution is 1.33. The first kappa shape index (κ1) is 8.50. The van der Waals surface area contributed by atoms with E-state index >= 15 is 0 Å². The molecule has 0 aliphatic carbocycles. The Kier molecular flexibility index (Phi) is 2.85. The fourth-order valence-corrected chi connectivity index (χ4v) is 1.23. The Labute approximate surface area is 76.2 Å². The van der Waals surface area contributed by atoms with Gasteiger partial charge in [0.15, 0.2) is 0 Å². The molecule has 0 aromatic heterocycles. The summed E-state index contributed by atoms with van der Waals surface area (Å²) in [6, 6.07) is 7.52. The van der Waals surface area contributed by atoms with Gasteiger partial charge in [0.2, 0.25) is 0 Å². The van der Waals surface area contributed by atoms with E-state index in [1.54, 1.807) is 0 Å². The summed E-state index contributed by atoms with van der Waals surface area (Å²) >= 11 is 10.5. The molecule has 1 aromatic rings. The van der Waals surface area contributed by atoms with E-state index in [-0.39, 0.29) is 0 Å². The van der Waals surface area contributed by atoms with Gasteiger partial charge in [-0.3, -0.25) is 0 Å². The largest absolute Gasteiger partial charge is 0.393 e. The van der Waals surface area contributed by atoms with E-state index in [4.69, 9.17) is 29.6 Å². The zero-order valence-electron chi connectivity index (χ0n) is 5.88. The Balaban J connectivity index is 2.79. The molecule has 1 rings (SSSR count). The smallest absolute Gasteiger partial charge is 0.0771 e. The molecule has 0 saturated heterocycles. The van der Waals surface area contributed by atoms with Gasteiger partial charge in [0.25, 0.3) is 0 Å². The highest BCUT2D eigenvalue weighted by molar-refractivity contribution is 7.80. The van der Waals surface area contributed by atoms with Gasteiger partial charge in [0, 0.05) is 11.4 Å². The molecule has 3 heteroatoms. The van der Waals surface area contributed by atoms with Gasteiger partial charge in [0.1, 0.15) is 0 Å². The third kappa shape index (κ3) is 2.87. The summed E-state index contributed by atoms with van der Waals surface area (Å²) in [5.74, 6) is 0. The van der Waals surface area contributed by atoms with Gasteiger partial charge in [-0.05, 0) is 17.7 Å². The van der Waals surface area contributed by atoms with E-state index in [0.717, 1.165) is 10.6 Å². The lowest BCUT2D eigenvalue weighted by atomic mass is 10.1. The summed E-state index contributed by atoms with van der Waals surface area (Å²) in [5, 5.41) is 0.721. The van der Waals surface area contributed by atoms with Crippen LogP contribution in [0.4, 0.5) is 0 Å². The second kappa shape index (κ2) is 3.69. The molecule has 0 atom stereocenters. The first-order valence-corrected chi connectivity index (χ1v) is 4.00. The van der Waals surface area contributed by atoms with E-state index in [0.29, 0.717) is 11.4 Å². The van der Waals surface area contributed by atoms with E-state index < -0.39 is 0 Å². The number of hydrogen-bond donors (Lipinski definition) is 1. The Morgan fingerprint density at radius 1 is 1.55 bits per heavy atom. The summed E-state index contributed by atoms with van der Waals surface area (Å²) in [4.78, 5) is 0.493. The molecule has 0 aliphatic heterocycles. The van der Waals surface area contributed by atoms with Gasteiger partial charge >= 0.3 is 0 Å². The molecule has 0 unspecified atom stereocenters. The number of thiocarbonyl (C=S) groups is 1. The molecule has 0 saturated carbocycles. The van der Waals surface area contributed by atoms with Crippen LogP contribution in [-0.2, 0) is 6.42 Å². The topological polar surface area (TPSA) is 26.0 Å². The Morgan fingerprint density at radius 2 is 2.27 bits per heavy atom. The molecule has 2 N–H and O–H groups in total. The van der Waals surface area contributed by atoms with Crippen molar-refractivity contribution >= 4 is 28.8 Å². The minimum atomic E-state index is 0.493. The molecular formula is C8H8ClNS. The number of halogens is 1. The highest BCUT2D eigenvalue weighted by Crippen LogP contribution is 2.10. The zero-order chi connectivity index (χ0) is 8.27. The van der Waals surface area contributed by atoms with Crippen molar-refractivity contribution < 1.29 is 0 Å². The highest BCUT2D eigenvalue weighted by atomic mass is 35.5. The quantitative estimate of drug-likeness (QED) is 0.715. The van der Waals surface area contributed by atoms with Crippen LogP contribution < -0.4 is 5.73 Å². The van der Waals surface area contributed by atoms with Crippen LogP contribution in [0, 0.1) is 0 Å². The standard InChI is InChI=1S/C8H8ClNS/c9-7-3-1-2-6(4-7)5-8(10)11/h1-4H,5H2,(H2,10,11). The number of hydrogen-bond acceptors (Lipinski definition) is 1. The molecule has 0 fully saturated rings. The monoisotopic (exact) mass is 185 g/mol. The summed E-state index contributed by atoms with van der Waals surface area (Å²) < 4.78 is 0. The average molecular weight is 186 g/mol. The second-order valence-corrected chi connectivity index (χ2v) is 3.23. The summed E-state index contributed by atoms with van der Waals surface area (Å²) in [6.07, 6.45) is 0.621. The summed E-state index contributed by atoms with van der Waals surface area (Å²) in [6.45, 7) is 0. The van der Waals surface area contributed by atoms with Crippen molar-refractivity contribution in [1.82, 2.24) is 0 Å². The van der Waals surface area contributed by atoms with E-state index in [1.165, 1.54) is 0 Å². The summed E-state index contributed by atoms with van der Waals surface area (Å²) in [5.41, 5.74) is 6.42. The predicted octanol–water partition coefficient (Wildman–Crippen LogP) is 2.17. The maximum absolute atomic E-state index is 5.74. The van der Waals surface area contributed by atoms with Gasteiger partial charge in [-0.2, -0.15) is 0 Å².